The minimum Gasteiger partial charge on any atom is -0.302 e. The van der Waals surface area contributed by atoms with Crippen LogP contribution in [0.1, 0.15) is 36.4 Å². The summed E-state index contributed by atoms with van der Waals surface area (Å²) in [6, 6.07) is 0. The lowest BCUT2D eigenvalue weighted by Gasteiger charge is -2.24. The third kappa shape index (κ3) is 2.91. The van der Waals surface area contributed by atoms with Gasteiger partial charge in [0.1, 0.15) is 0 Å². The monoisotopic (exact) mass is 307 g/mol. The minimum atomic E-state index is 0.0906. The van der Waals surface area contributed by atoms with Crippen LogP contribution in [-0.4, -0.2) is 15.9 Å². The molecule has 3 rings (SSSR count). The molecule has 0 atom stereocenters. The van der Waals surface area contributed by atoms with Crippen LogP contribution >= 0.6 is 22.7 Å². The van der Waals surface area contributed by atoms with Gasteiger partial charge in [0.15, 0.2) is 5.13 Å². The van der Waals surface area contributed by atoms with Crippen molar-refractivity contribution in [2.45, 2.75) is 39.5 Å². The predicted molar refractivity (Wildman–Crippen MR) is 83.3 cm³/mol. The largest absolute Gasteiger partial charge is 0.302 e. The summed E-state index contributed by atoms with van der Waals surface area (Å²) in [6.07, 6.45) is 4.28. The normalized spacial score (nSPS) is 15.1. The third-order valence-electron chi connectivity index (χ3n) is 3.59. The maximum atomic E-state index is 11.9. The summed E-state index contributed by atoms with van der Waals surface area (Å²) in [5, 5.41) is 6.63. The maximum Gasteiger partial charge on any atom is 0.226 e. The molecule has 0 unspecified atom stereocenters. The van der Waals surface area contributed by atoms with E-state index in [0.717, 1.165) is 21.3 Å². The number of hydrogen-bond donors (Lipinski definition) is 1. The van der Waals surface area contributed by atoms with Crippen molar-refractivity contribution in [3.8, 4) is 10.6 Å². The summed E-state index contributed by atoms with van der Waals surface area (Å²) in [6.45, 7) is 3.99. The van der Waals surface area contributed by atoms with Crippen molar-refractivity contribution in [3.63, 3.8) is 0 Å². The van der Waals surface area contributed by atoms with Gasteiger partial charge in [-0.3, -0.25) is 4.79 Å². The van der Waals surface area contributed by atoms with E-state index in [4.69, 9.17) is 0 Å². The SMILES string of the molecule is Cc1nc(C)c(-c2csc(NC(=O)CC3CCC3)n2)s1. The van der Waals surface area contributed by atoms with Crippen LogP contribution in [0.2, 0.25) is 0 Å². The molecule has 1 amide bonds. The van der Waals surface area contributed by atoms with E-state index in [-0.39, 0.29) is 5.91 Å². The van der Waals surface area contributed by atoms with Crippen LogP contribution in [-0.2, 0) is 4.79 Å². The van der Waals surface area contributed by atoms with Gasteiger partial charge in [-0.2, -0.15) is 0 Å². The molecule has 2 aromatic heterocycles. The highest BCUT2D eigenvalue weighted by Crippen LogP contribution is 2.33. The second kappa shape index (κ2) is 5.61. The smallest absolute Gasteiger partial charge is 0.226 e. The number of carbonyl (C=O) groups excluding carboxylic acids is 1. The van der Waals surface area contributed by atoms with E-state index in [1.54, 1.807) is 11.3 Å². The summed E-state index contributed by atoms with van der Waals surface area (Å²) in [7, 11) is 0. The van der Waals surface area contributed by atoms with E-state index in [2.05, 4.69) is 15.3 Å². The number of anilines is 1. The number of nitrogens with one attached hydrogen (secondary N) is 1. The van der Waals surface area contributed by atoms with E-state index >= 15 is 0 Å². The molecule has 4 nitrogen and oxygen atoms in total. The first-order valence-corrected chi connectivity index (χ1v) is 8.51. The number of rotatable bonds is 4. The Balaban J connectivity index is 1.67. The average Bonchev–Trinajstić information content (AvgIpc) is 2.91. The van der Waals surface area contributed by atoms with Crippen molar-refractivity contribution in [3.05, 3.63) is 16.1 Å². The van der Waals surface area contributed by atoms with E-state index in [1.165, 1.54) is 30.6 Å². The Bertz CT molecular complexity index is 628. The van der Waals surface area contributed by atoms with Crippen LogP contribution in [0.4, 0.5) is 5.13 Å². The molecule has 1 aliphatic carbocycles. The molecule has 2 heterocycles. The number of aryl methyl sites for hydroxylation is 2. The summed E-state index contributed by atoms with van der Waals surface area (Å²) < 4.78 is 0. The average molecular weight is 307 g/mol. The Morgan fingerprint density at radius 1 is 1.40 bits per heavy atom. The lowest BCUT2D eigenvalue weighted by Crippen LogP contribution is -2.20. The molecule has 6 heteroatoms. The minimum absolute atomic E-state index is 0.0906. The van der Waals surface area contributed by atoms with Crippen LogP contribution < -0.4 is 5.32 Å². The first-order valence-electron chi connectivity index (χ1n) is 6.81. The second-order valence-electron chi connectivity index (χ2n) is 5.23. The van der Waals surface area contributed by atoms with Gasteiger partial charge in [0.25, 0.3) is 0 Å². The van der Waals surface area contributed by atoms with Gasteiger partial charge in [-0.05, 0) is 32.6 Å². The predicted octanol–water partition coefficient (Wildman–Crippen LogP) is 4.01. The van der Waals surface area contributed by atoms with Crippen molar-refractivity contribution in [2.75, 3.05) is 5.32 Å². The molecule has 1 saturated carbocycles. The highest BCUT2D eigenvalue weighted by Gasteiger charge is 2.21. The molecule has 20 heavy (non-hydrogen) atoms. The van der Waals surface area contributed by atoms with Gasteiger partial charge in [0.2, 0.25) is 5.91 Å². The summed E-state index contributed by atoms with van der Waals surface area (Å²) >= 11 is 3.12. The molecule has 1 aliphatic rings. The van der Waals surface area contributed by atoms with Gasteiger partial charge in [-0.1, -0.05) is 6.42 Å². The van der Waals surface area contributed by atoms with Gasteiger partial charge >= 0.3 is 0 Å². The second-order valence-corrected chi connectivity index (χ2v) is 7.30. The van der Waals surface area contributed by atoms with Gasteiger partial charge in [-0.15, -0.1) is 22.7 Å². The van der Waals surface area contributed by atoms with E-state index < -0.39 is 0 Å². The number of nitrogens with zero attached hydrogens (tertiary/aromatic N) is 2. The number of hydrogen-bond acceptors (Lipinski definition) is 5. The Kier molecular flexibility index (Phi) is 3.85. The summed E-state index contributed by atoms with van der Waals surface area (Å²) in [4.78, 5) is 21.9. The van der Waals surface area contributed by atoms with Gasteiger partial charge in [-0.25, -0.2) is 9.97 Å². The molecule has 0 aromatic carbocycles. The molecule has 2 aromatic rings. The topological polar surface area (TPSA) is 54.9 Å². The molecule has 1 fully saturated rings. The lowest BCUT2D eigenvalue weighted by molar-refractivity contribution is -0.117. The van der Waals surface area contributed by atoms with Crippen LogP contribution in [0.5, 0.6) is 0 Å². The zero-order valence-electron chi connectivity index (χ0n) is 11.6. The van der Waals surface area contributed by atoms with E-state index in [1.807, 2.05) is 19.2 Å². The zero-order valence-corrected chi connectivity index (χ0v) is 13.2. The molecule has 0 aliphatic heterocycles. The Morgan fingerprint density at radius 2 is 2.20 bits per heavy atom. The van der Waals surface area contributed by atoms with Crippen molar-refractivity contribution >= 4 is 33.7 Å². The van der Waals surface area contributed by atoms with E-state index in [0.29, 0.717) is 17.5 Å². The van der Waals surface area contributed by atoms with Crippen LogP contribution in [0.3, 0.4) is 0 Å². The number of thiazole rings is 2. The maximum absolute atomic E-state index is 11.9. The Morgan fingerprint density at radius 3 is 2.80 bits per heavy atom. The Labute approximate surface area is 126 Å². The number of aromatic nitrogens is 2. The molecule has 0 spiro atoms. The first-order chi connectivity index (χ1) is 9.61. The quantitative estimate of drug-likeness (QED) is 0.928. The van der Waals surface area contributed by atoms with Gasteiger partial charge in [0.05, 0.1) is 21.3 Å². The molecule has 0 bridgehead atoms. The molecule has 0 radical (unpaired) electrons. The lowest BCUT2D eigenvalue weighted by atomic mass is 9.83. The van der Waals surface area contributed by atoms with Crippen molar-refractivity contribution in [2.24, 2.45) is 5.92 Å². The number of carbonyl (C=O) groups is 1. The third-order valence-corrected chi connectivity index (χ3v) is 5.44. The van der Waals surface area contributed by atoms with Crippen molar-refractivity contribution in [1.29, 1.82) is 0 Å². The molecule has 0 saturated heterocycles. The highest BCUT2D eigenvalue weighted by molar-refractivity contribution is 7.16. The molecular formula is C14H17N3OS2. The molecular weight excluding hydrogens is 290 g/mol. The van der Waals surface area contributed by atoms with E-state index in [9.17, 15) is 4.79 Å². The van der Waals surface area contributed by atoms with Crippen molar-refractivity contribution < 1.29 is 4.79 Å². The molecule has 1 N–H and O–H groups in total. The van der Waals surface area contributed by atoms with Gasteiger partial charge in [0, 0.05) is 11.8 Å². The standard InChI is InChI=1S/C14H17N3OS2/c1-8-13(20-9(2)15-8)11-7-19-14(16-11)17-12(18)6-10-4-3-5-10/h7,10H,3-6H2,1-2H3,(H,16,17,18). The fourth-order valence-electron chi connectivity index (χ4n) is 2.33. The van der Waals surface area contributed by atoms with Crippen molar-refractivity contribution in [1.82, 2.24) is 9.97 Å². The highest BCUT2D eigenvalue weighted by atomic mass is 32.1. The van der Waals surface area contributed by atoms with Crippen LogP contribution in [0.15, 0.2) is 5.38 Å². The van der Waals surface area contributed by atoms with Crippen LogP contribution in [0.25, 0.3) is 10.6 Å². The summed E-state index contributed by atoms with van der Waals surface area (Å²) in [5.74, 6) is 0.675. The van der Waals surface area contributed by atoms with Crippen LogP contribution in [0, 0.1) is 19.8 Å². The fourth-order valence-corrected chi connectivity index (χ4v) is 4.01. The number of amides is 1. The van der Waals surface area contributed by atoms with Gasteiger partial charge < -0.3 is 5.32 Å². The fraction of sp³-hybridized carbons (Fsp3) is 0.500. The Hall–Kier alpha value is -1.27. The first kappa shape index (κ1) is 13.7. The molecule has 106 valence electrons. The summed E-state index contributed by atoms with van der Waals surface area (Å²) in [5.41, 5.74) is 1.92. The zero-order chi connectivity index (χ0) is 14.1.